The van der Waals surface area contributed by atoms with Gasteiger partial charge in [-0.25, -0.2) is 4.79 Å². The minimum absolute atomic E-state index is 0.0586. The van der Waals surface area contributed by atoms with Crippen molar-refractivity contribution in [2.45, 2.75) is 39.2 Å². The molecule has 0 spiro atoms. The molecule has 1 aromatic carbocycles. The van der Waals surface area contributed by atoms with Crippen molar-refractivity contribution < 1.29 is 23.8 Å². The Morgan fingerprint density at radius 3 is 2.33 bits per heavy atom. The van der Waals surface area contributed by atoms with E-state index in [4.69, 9.17) is 14.2 Å². The van der Waals surface area contributed by atoms with Crippen molar-refractivity contribution in [3.05, 3.63) is 23.8 Å². The summed E-state index contributed by atoms with van der Waals surface area (Å²) in [5.41, 5.74) is 0.0491. The van der Waals surface area contributed by atoms with E-state index in [0.717, 1.165) is 12.8 Å². The molecular formula is C20H28N2O5. The SMILES string of the molecule is CC(C)(C)OC(=O)N1CCCN(C(=O)c2ccc3c(c2)OCCCO3)CC1. The smallest absolute Gasteiger partial charge is 0.410 e. The maximum Gasteiger partial charge on any atom is 0.410 e. The standard InChI is InChI=1S/C20H28N2O5/c1-20(2,3)27-19(24)22-9-4-8-21(10-11-22)18(23)15-6-7-16-17(14-15)26-13-5-12-25-16/h6-7,14H,4-5,8-13H2,1-3H3. The van der Waals surface area contributed by atoms with Gasteiger partial charge in [0.2, 0.25) is 0 Å². The van der Waals surface area contributed by atoms with Gasteiger partial charge in [0.05, 0.1) is 13.2 Å². The molecule has 0 radical (unpaired) electrons. The van der Waals surface area contributed by atoms with Gasteiger partial charge in [-0.15, -0.1) is 0 Å². The predicted octanol–water partition coefficient (Wildman–Crippen LogP) is 2.93. The summed E-state index contributed by atoms with van der Waals surface area (Å²) < 4.78 is 16.7. The lowest BCUT2D eigenvalue weighted by atomic mass is 10.1. The number of rotatable bonds is 1. The Balaban J connectivity index is 1.64. The summed E-state index contributed by atoms with van der Waals surface area (Å²) in [7, 11) is 0. The first-order valence-corrected chi connectivity index (χ1v) is 9.50. The van der Waals surface area contributed by atoms with Gasteiger partial charge in [-0.2, -0.15) is 0 Å². The molecule has 2 aliphatic rings. The van der Waals surface area contributed by atoms with Gasteiger partial charge < -0.3 is 24.0 Å². The summed E-state index contributed by atoms with van der Waals surface area (Å²) in [5.74, 6) is 1.23. The molecule has 0 N–H and O–H groups in total. The van der Waals surface area contributed by atoms with E-state index < -0.39 is 5.60 Å². The number of hydrogen-bond acceptors (Lipinski definition) is 5. The topological polar surface area (TPSA) is 68.3 Å². The number of benzene rings is 1. The van der Waals surface area contributed by atoms with Crippen molar-refractivity contribution >= 4 is 12.0 Å². The highest BCUT2D eigenvalue weighted by atomic mass is 16.6. The third-order valence-electron chi connectivity index (χ3n) is 4.43. The fourth-order valence-corrected chi connectivity index (χ4v) is 3.11. The van der Waals surface area contributed by atoms with Crippen LogP contribution in [0.2, 0.25) is 0 Å². The molecule has 1 saturated heterocycles. The van der Waals surface area contributed by atoms with Gasteiger partial charge in [0, 0.05) is 38.2 Å². The zero-order valence-electron chi connectivity index (χ0n) is 16.3. The molecule has 0 unspecified atom stereocenters. The Morgan fingerprint density at radius 1 is 0.926 bits per heavy atom. The first-order chi connectivity index (χ1) is 12.8. The lowest BCUT2D eigenvalue weighted by molar-refractivity contribution is 0.0255. The normalized spacial score (nSPS) is 17.7. The van der Waals surface area contributed by atoms with Crippen LogP contribution in [0, 0.1) is 0 Å². The van der Waals surface area contributed by atoms with Crippen LogP contribution in [0.1, 0.15) is 44.0 Å². The van der Waals surface area contributed by atoms with Gasteiger partial charge in [-0.1, -0.05) is 0 Å². The molecular weight excluding hydrogens is 348 g/mol. The van der Waals surface area contributed by atoms with Crippen LogP contribution in [0.15, 0.2) is 18.2 Å². The zero-order valence-corrected chi connectivity index (χ0v) is 16.3. The molecule has 2 aliphatic heterocycles. The Labute approximate surface area is 160 Å². The first kappa shape index (κ1) is 19.3. The van der Waals surface area contributed by atoms with Gasteiger partial charge in [0.15, 0.2) is 11.5 Å². The quantitative estimate of drug-likeness (QED) is 0.754. The maximum absolute atomic E-state index is 12.9. The summed E-state index contributed by atoms with van der Waals surface area (Å²) in [6, 6.07) is 5.31. The van der Waals surface area contributed by atoms with E-state index in [0.29, 0.717) is 56.5 Å². The molecule has 148 valence electrons. The van der Waals surface area contributed by atoms with Crippen molar-refractivity contribution in [2.75, 3.05) is 39.4 Å². The van der Waals surface area contributed by atoms with E-state index in [9.17, 15) is 9.59 Å². The van der Waals surface area contributed by atoms with Crippen LogP contribution in [0.5, 0.6) is 11.5 Å². The number of fused-ring (bicyclic) bond motifs is 1. The van der Waals surface area contributed by atoms with Crippen molar-refractivity contribution in [3.63, 3.8) is 0 Å². The van der Waals surface area contributed by atoms with Crippen molar-refractivity contribution in [1.29, 1.82) is 0 Å². The van der Waals surface area contributed by atoms with E-state index in [1.807, 2.05) is 20.8 Å². The third kappa shape index (κ3) is 5.05. The fourth-order valence-electron chi connectivity index (χ4n) is 3.11. The highest BCUT2D eigenvalue weighted by Crippen LogP contribution is 2.31. The summed E-state index contributed by atoms with van der Waals surface area (Å²) >= 11 is 0. The van der Waals surface area contributed by atoms with Crippen LogP contribution in [-0.4, -0.2) is 66.8 Å². The number of ether oxygens (including phenoxy) is 3. The molecule has 0 atom stereocenters. The highest BCUT2D eigenvalue weighted by Gasteiger charge is 2.26. The Morgan fingerprint density at radius 2 is 1.59 bits per heavy atom. The van der Waals surface area contributed by atoms with Crippen molar-refractivity contribution in [3.8, 4) is 11.5 Å². The predicted molar refractivity (Wildman–Crippen MR) is 100 cm³/mol. The Kier molecular flexibility index (Phi) is 5.77. The van der Waals surface area contributed by atoms with Crippen LogP contribution >= 0.6 is 0 Å². The average molecular weight is 376 g/mol. The fraction of sp³-hybridized carbons (Fsp3) is 0.600. The Hall–Kier alpha value is -2.44. The molecule has 27 heavy (non-hydrogen) atoms. The average Bonchev–Trinajstić information content (AvgIpc) is 2.99. The van der Waals surface area contributed by atoms with Gasteiger partial charge in [-0.3, -0.25) is 4.79 Å². The van der Waals surface area contributed by atoms with Crippen LogP contribution in [0.25, 0.3) is 0 Å². The molecule has 2 amide bonds. The van der Waals surface area contributed by atoms with Crippen LogP contribution in [-0.2, 0) is 4.74 Å². The molecule has 0 saturated carbocycles. The number of nitrogens with zero attached hydrogens (tertiary/aromatic N) is 2. The van der Waals surface area contributed by atoms with Gasteiger partial charge in [-0.05, 0) is 45.4 Å². The first-order valence-electron chi connectivity index (χ1n) is 9.50. The molecule has 1 aromatic rings. The van der Waals surface area contributed by atoms with Gasteiger partial charge in [0.25, 0.3) is 5.91 Å². The monoisotopic (exact) mass is 376 g/mol. The van der Waals surface area contributed by atoms with Crippen LogP contribution in [0.4, 0.5) is 4.79 Å². The van der Waals surface area contributed by atoms with E-state index in [1.165, 1.54) is 0 Å². The van der Waals surface area contributed by atoms with Crippen molar-refractivity contribution in [1.82, 2.24) is 9.80 Å². The second-order valence-electron chi connectivity index (χ2n) is 7.83. The summed E-state index contributed by atoms with van der Waals surface area (Å²) in [6.45, 7) is 8.88. The molecule has 1 fully saturated rings. The van der Waals surface area contributed by atoms with Crippen molar-refractivity contribution in [2.24, 2.45) is 0 Å². The second kappa shape index (κ2) is 8.06. The number of carbonyl (C=O) groups excluding carboxylic acids is 2. The summed E-state index contributed by atoms with van der Waals surface area (Å²) in [5, 5.41) is 0. The molecule has 7 heteroatoms. The van der Waals surface area contributed by atoms with Crippen LogP contribution < -0.4 is 9.47 Å². The van der Waals surface area contributed by atoms with E-state index in [-0.39, 0.29) is 12.0 Å². The minimum atomic E-state index is -0.525. The molecule has 3 rings (SSSR count). The van der Waals surface area contributed by atoms with E-state index in [1.54, 1.807) is 28.0 Å². The second-order valence-corrected chi connectivity index (χ2v) is 7.83. The van der Waals surface area contributed by atoms with E-state index in [2.05, 4.69) is 0 Å². The molecule has 7 nitrogen and oxygen atoms in total. The molecule has 0 bridgehead atoms. The molecule has 2 heterocycles. The highest BCUT2D eigenvalue weighted by molar-refractivity contribution is 5.95. The Bertz CT molecular complexity index is 698. The zero-order chi connectivity index (χ0) is 19.4. The maximum atomic E-state index is 12.9. The third-order valence-corrected chi connectivity index (χ3v) is 4.43. The number of amides is 2. The van der Waals surface area contributed by atoms with Gasteiger partial charge >= 0.3 is 6.09 Å². The lowest BCUT2D eigenvalue weighted by Crippen LogP contribution is -2.40. The minimum Gasteiger partial charge on any atom is -0.490 e. The molecule has 0 aromatic heterocycles. The van der Waals surface area contributed by atoms with Crippen LogP contribution in [0.3, 0.4) is 0 Å². The lowest BCUT2D eigenvalue weighted by Gasteiger charge is -2.26. The number of carbonyl (C=O) groups is 2. The summed E-state index contributed by atoms with van der Waals surface area (Å²) in [6.07, 6.45) is 1.22. The number of hydrogen-bond donors (Lipinski definition) is 0. The van der Waals surface area contributed by atoms with E-state index >= 15 is 0 Å². The molecule has 0 aliphatic carbocycles. The summed E-state index contributed by atoms with van der Waals surface area (Å²) in [4.78, 5) is 28.7. The van der Waals surface area contributed by atoms with Gasteiger partial charge in [0.1, 0.15) is 5.60 Å². The largest absolute Gasteiger partial charge is 0.490 e.